The molecule has 0 saturated carbocycles. The highest BCUT2D eigenvalue weighted by molar-refractivity contribution is 5.99. The Bertz CT molecular complexity index is 917. The fraction of sp³-hybridized carbons (Fsp3) is 0.429. The third-order valence-corrected chi connectivity index (χ3v) is 5.17. The number of rotatable bonds is 4. The lowest BCUT2D eigenvalue weighted by Gasteiger charge is -2.34. The largest absolute Gasteiger partial charge is 0.452 e. The van der Waals surface area contributed by atoms with Crippen molar-refractivity contribution >= 4 is 28.7 Å². The SMILES string of the molecule is CCc1nc2ccccc2c(C)c1C(=O)OCC(=O)N1CCN(C(C)=O)CC1. The summed E-state index contributed by atoms with van der Waals surface area (Å²) in [7, 11) is 0. The Morgan fingerprint density at radius 2 is 1.71 bits per heavy atom. The maximum Gasteiger partial charge on any atom is 0.340 e. The molecule has 2 aromatic rings. The summed E-state index contributed by atoms with van der Waals surface area (Å²) < 4.78 is 5.34. The van der Waals surface area contributed by atoms with Gasteiger partial charge in [0.25, 0.3) is 5.91 Å². The van der Waals surface area contributed by atoms with Crippen molar-refractivity contribution in [2.75, 3.05) is 32.8 Å². The van der Waals surface area contributed by atoms with E-state index in [-0.39, 0.29) is 18.4 Å². The quantitative estimate of drug-likeness (QED) is 0.754. The molecule has 1 aliphatic rings. The van der Waals surface area contributed by atoms with Crippen LogP contribution in [0.1, 0.15) is 35.5 Å². The van der Waals surface area contributed by atoms with Gasteiger partial charge in [0, 0.05) is 38.5 Å². The number of para-hydroxylation sites is 1. The van der Waals surface area contributed by atoms with E-state index in [4.69, 9.17) is 4.74 Å². The van der Waals surface area contributed by atoms with Gasteiger partial charge in [0.2, 0.25) is 5.91 Å². The molecule has 1 fully saturated rings. The van der Waals surface area contributed by atoms with Crippen molar-refractivity contribution in [2.24, 2.45) is 0 Å². The second-order valence-electron chi connectivity index (χ2n) is 6.89. The summed E-state index contributed by atoms with van der Waals surface area (Å²) >= 11 is 0. The second kappa shape index (κ2) is 8.37. The first-order valence-corrected chi connectivity index (χ1v) is 9.51. The molecule has 1 aromatic carbocycles. The van der Waals surface area contributed by atoms with Crippen molar-refractivity contribution < 1.29 is 19.1 Å². The summed E-state index contributed by atoms with van der Waals surface area (Å²) in [6.07, 6.45) is 0.594. The van der Waals surface area contributed by atoms with E-state index in [2.05, 4.69) is 4.98 Å². The van der Waals surface area contributed by atoms with E-state index in [0.717, 1.165) is 16.5 Å². The smallest absolute Gasteiger partial charge is 0.340 e. The highest BCUT2D eigenvalue weighted by atomic mass is 16.5. The molecule has 0 atom stereocenters. The van der Waals surface area contributed by atoms with Gasteiger partial charge in [-0.25, -0.2) is 4.79 Å². The molecular formula is C21H25N3O4. The number of pyridine rings is 1. The van der Waals surface area contributed by atoms with Crippen LogP contribution in [0.2, 0.25) is 0 Å². The van der Waals surface area contributed by atoms with Crippen molar-refractivity contribution in [3.63, 3.8) is 0 Å². The van der Waals surface area contributed by atoms with Crippen LogP contribution in [0.5, 0.6) is 0 Å². The first kappa shape index (κ1) is 19.8. The topological polar surface area (TPSA) is 79.8 Å². The van der Waals surface area contributed by atoms with Crippen LogP contribution in [0.4, 0.5) is 0 Å². The molecule has 1 aliphatic heterocycles. The summed E-state index contributed by atoms with van der Waals surface area (Å²) in [5.74, 6) is -0.769. The van der Waals surface area contributed by atoms with Crippen LogP contribution in [0.25, 0.3) is 10.9 Å². The van der Waals surface area contributed by atoms with Crippen LogP contribution in [0, 0.1) is 6.92 Å². The summed E-state index contributed by atoms with van der Waals surface area (Å²) in [4.78, 5) is 44.4. The van der Waals surface area contributed by atoms with E-state index in [1.807, 2.05) is 38.1 Å². The van der Waals surface area contributed by atoms with Crippen molar-refractivity contribution in [3.05, 3.63) is 41.1 Å². The van der Waals surface area contributed by atoms with Gasteiger partial charge in [-0.2, -0.15) is 0 Å². The highest BCUT2D eigenvalue weighted by Gasteiger charge is 2.24. The third-order valence-electron chi connectivity index (χ3n) is 5.17. The van der Waals surface area contributed by atoms with Crippen LogP contribution in [0.3, 0.4) is 0 Å². The van der Waals surface area contributed by atoms with Crippen molar-refractivity contribution in [1.82, 2.24) is 14.8 Å². The lowest BCUT2D eigenvalue weighted by molar-refractivity contribution is -0.140. The number of aromatic nitrogens is 1. The zero-order valence-electron chi connectivity index (χ0n) is 16.5. The number of esters is 1. The molecule has 1 aromatic heterocycles. The maximum atomic E-state index is 12.7. The minimum atomic E-state index is -0.525. The van der Waals surface area contributed by atoms with Gasteiger partial charge in [-0.3, -0.25) is 14.6 Å². The molecule has 1 saturated heterocycles. The molecule has 2 amide bonds. The molecule has 3 rings (SSSR count). The van der Waals surface area contributed by atoms with Crippen LogP contribution in [-0.2, 0) is 20.7 Å². The zero-order chi connectivity index (χ0) is 20.3. The highest BCUT2D eigenvalue weighted by Crippen LogP contribution is 2.24. The Kier molecular flexibility index (Phi) is 5.92. The van der Waals surface area contributed by atoms with Gasteiger partial charge >= 0.3 is 5.97 Å². The Labute approximate surface area is 164 Å². The number of aryl methyl sites for hydroxylation is 2. The van der Waals surface area contributed by atoms with Crippen LogP contribution < -0.4 is 0 Å². The number of carbonyl (C=O) groups is 3. The van der Waals surface area contributed by atoms with Gasteiger partial charge < -0.3 is 14.5 Å². The van der Waals surface area contributed by atoms with Gasteiger partial charge in [0.05, 0.1) is 16.8 Å². The van der Waals surface area contributed by atoms with Crippen LogP contribution in [0.15, 0.2) is 24.3 Å². The number of carbonyl (C=O) groups excluding carboxylic acids is 3. The van der Waals surface area contributed by atoms with Gasteiger partial charge in [-0.15, -0.1) is 0 Å². The molecule has 0 radical (unpaired) electrons. The number of nitrogens with zero attached hydrogens (tertiary/aromatic N) is 3. The molecule has 0 unspecified atom stereocenters. The Morgan fingerprint density at radius 3 is 2.36 bits per heavy atom. The fourth-order valence-corrected chi connectivity index (χ4v) is 3.53. The standard InChI is InChI=1S/C21H25N3O4/c1-4-17-20(14(2)16-7-5-6-8-18(16)22-17)21(27)28-13-19(26)24-11-9-23(10-12-24)15(3)25/h5-8H,4,9-13H2,1-3H3. The monoisotopic (exact) mass is 383 g/mol. The van der Waals surface area contributed by atoms with E-state index in [1.54, 1.807) is 9.80 Å². The Morgan fingerprint density at radius 1 is 1.07 bits per heavy atom. The van der Waals surface area contributed by atoms with E-state index in [1.165, 1.54) is 6.92 Å². The van der Waals surface area contributed by atoms with E-state index < -0.39 is 5.97 Å². The molecule has 148 valence electrons. The molecule has 0 spiro atoms. The number of ether oxygens (including phenoxy) is 1. The number of amides is 2. The summed E-state index contributed by atoms with van der Waals surface area (Å²) in [5, 5.41) is 0.901. The van der Waals surface area contributed by atoms with Gasteiger partial charge in [-0.05, 0) is 25.0 Å². The average Bonchev–Trinajstić information content (AvgIpc) is 2.71. The number of hydrogen-bond donors (Lipinski definition) is 0. The van der Waals surface area contributed by atoms with Crippen molar-refractivity contribution in [2.45, 2.75) is 27.2 Å². The van der Waals surface area contributed by atoms with Crippen molar-refractivity contribution in [1.29, 1.82) is 0 Å². The molecule has 0 bridgehead atoms. The summed E-state index contributed by atoms with van der Waals surface area (Å²) in [6.45, 7) is 6.93. The molecule has 0 N–H and O–H groups in total. The van der Waals surface area contributed by atoms with E-state index in [9.17, 15) is 14.4 Å². The maximum absolute atomic E-state index is 12.7. The molecule has 28 heavy (non-hydrogen) atoms. The van der Waals surface area contributed by atoms with Gasteiger partial charge in [-0.1, -0.05) is 25.1 Å². The normalized spacial score (nSPS) is 14.2. The Hall–Kier alpha value is -2.96. The summed E-state index contributed by atoms with van der Waals surface area (Å²) in [5.41, 5.74) is 2.77. The fourth-order valence-electron chi connectivity index (χ4n) is 3.53. The van der Waals surface area contributed by atoms with Crippen molar-refractivity contribution in [3.8, 4) is 0 Å². The third kappa shape index (κ3) is 3.98. The molecular weight excluding hydrogens is 358 g/mol. The minimum Gasteiger partial charge on any atom is -0.452 e. The molecule has 0 aliphatic carbocycles. The number of benzene rings is 1. The second-order valence-corrected chi connectivity index (χ2v) is 6.89. The molecule has 7 nitrogen and oxygen atoms in total. The first-order valence-electron chi connectivity index (χ1n) is 9.51. The van der Waals surface area contributed by atoms with E-state index >= 15 is 0 Å². The molecule has 2 heterocycles. The molecule has 7 heteroatoms. The van der Waals surface area contributed by atoms with Gasteiger partial charge in [0.15, 0.2) is 6.61 Å². The minimum absolute atomic E-state index is 0.00454. The number of piperazine rings is 1. The lowest BCUT2D eigenvalue weighted by atomic mass is 10.0. The first-order chi connectivity index (χ1) is 13.4. The predicted molar refractivity (Wildman–Crippen MR) is 105 cm³/mol. The zero-order valence-corrected chi connectivity index (χ0v) is 16.5. The number of hydrogen-bond acceptors (Lipinski definition) is 5. The van der Waals surface area contributed by atoms with E-state index in [0.29, 0.717) is 43.9 Å². The summed E-state index contributed by atoms with van der Waals surface area (Å²) in [6, 6.07) is 7.66. The number of fused-ring (bicyclic) bond motifs is 1. The van der Waals surface area contributed by atoms with Gasteiger partial charge in [0.1, 0.15) is 0 Å². The van der Waals surface area contributed by atoms with Crippen LogP contribution in [-0.4, -0.2) is 65.4 Å². The Balaban J connectivity index is 1.69. The van der Waals surface area contributed by atoms with Crippen LogP contribution >= 0.6 is 0 Å². The predicted octanol–water partition coefficient (Wildman–Crippen LogP) is 1.95. The lowest BCUT2D eigenvalue weighted by Crippen LogP contribution is -2.51. The average molecular weight is 383 g/mol.